The number of carbonyl (C=O) groups excluding carboxylic acids is 1. The van der Waals surface area contributed by atoms with Crippen molar-refractivity contribution in [2.45, 2.75) is 64.1 Å². The monoisotopic (exact) mass is 355 g/mol. The normalized spacial score (nSPS) is 15.8. The second kappa shape index (κ2) is 8.52. The zero-order valence-corrected chi connectivity index (χ0v) is 14.4. The van der Waals surface area contributed by atoms with E-state index in [0.29, 0.717) is 23.1 Å². The fourth-order valence-electron chi connectivity index (χ4n) is 3.13. The fraction of sp³-hybridized carbons (Fsp3) is 0.526. The standard InChI is InChI=1S/C19H24F3NO2/c1-3-13(2)18(24)23-25-12-14-9-10-16(15-7-5-4-6-8-15)17(11-14)19(20,21)22/h9-11,15H,2-8,12H2,1H3,(H,23,24). The number of benzene rings is 1. The lowest BCUT2D eigenvalue weighted by Gasteiger charge is -2.25. The number of hydrogen-bond acceptors (Lipinski definition) is 2. The van der Waals surface area contributed by atoms with Gasteiger partial charge in [0.2, 0.25) is 0 Å². The number of hydrogen-bond donors (Lipinski definition) is 1. The zero-order valence-electron chi connectivity index (χ0n) is 14.4. The highest BCUT2D eigenvalue weighted by atomic mass is 19.4. The van der Waals surface area contributed by atoms with Crippen molar-refractivity contribution in [3.05, 3.63) is 47.0 Å². The number of carbonyl (C=O) groups is 1. The molecular formula is C19H24F3NO2. The van der Waals surface area contributed by atoms with Crippen LogP contribution in [0.5, 0.6) is 0 Å². The van der Waals surface area contributed by atoms with Crippen molar-refractivity contribution in [3.63, 3.8) is 0 Å². The SMILES string of the molecule is C=C(CC)C(=O)NOCc1ccc(C2CCCCC2)c(C(F)(F)F)c1. The molecule has 1 aliphatic rings. The molecule has 1 aromatic rings. The number of hydroxylamine groups is 1. The molecule has 1 amide bonds. The summed E-state index contributed by atoms with van der Waals surface area (Å²) in [6.45, 7) is 5.22. The van der Waals surface area contributed by atoms with E-state index >= 15 is 0 Å². The van der Waals surface area contributed by atoms with E-state index in [9.17, 15) is 18.0 Å². The lowest BCUT2D eigenvalue weighted by atomic mass is 9.81. The Labute approximate surface area is 146 Å². The molecule has 0 aliphatic heterocycles. The van der Waals surface area contributed by atoms with Gasteiger partial charge < -0.3 is 0 Å². The summed E-state index contributed by atoms with van der Waals surface area (Å²) in [5.41, 5.74) is 2.70. The van der Waals surface area contributed by atoms with Crippen LogP contribution in [0.1, 0.15) is 68.1 Å². The summed E-state index contributed by atoms with van der Waals surface area (Å²) in [6, 6.07) is 4.33. The molecule has 1 aromatic carbocycles. The molecule has 1 saturated carbocycles. The first kappa shape index (κ1) is 19.5. The van der Waals surface area contributed by atoms with Crippen LogP contribution in [0.25, 0.3) is 0 Å². The molecule has 25 heavy (non-hydrogen) atoms. The van der Waals surface area contributed by atoms with Gasteiger partial charge in [-0.25, -0.2) is 5.48 Å². The number of alkyl halides is 3. The van der Waals surface area contributed by atoms with Gasteiger partial charge in [0.05, 0.1) is 12.2 Å². The van der Waals surface area contributed by atoms with Gasteiger partial charge >= 0.3 is 6.18 Å². The van der Waals surface area contributed by atoms with Crippen LogP contribution in [0.2, 0.25) is 0 Å². The summed E-state index contributed by atoms with van der Waals surface area (Å²) in [7, 11) is 0. The third-order valence-corrected chi connectivity index (χ3v) is 4.62. The van der Waals surface area contributed by atoms with Gasteiger partial charge in [-0.3, -0.25) is 9.63 Å². The van der Waals surface area contributed by atoms with E-state index in [1.54, 1.807) is 19.1 Å². The molecule has 1 N–H and O–H groups in total. The Kier molecular flexibility index (Phi) is 6.64. The Morgan fingerprint density at radius 3 is 2.56 bits per heavy atom. The Bertz CT molecular complexity index is 620. The molecular weight excluding hydrogens is 331 g/mol. The van der Waals surface area contributed by atoms with Crippen LogP contribution in [0.15, 0.2) is 30.4 Å². The summed E-state index contributed by atoms with van der Waals surface area (Å²) in [5, 5.41) is 0. The van der Waals surface area contributed by atoms with E-state index in [0.717, 1.165) is 38.2 Å². The lowest BCUT2D eigenvalue weighted by Crippen LogP contribution is -2.24. The lowest BCUT2D eigenvalue weighted by molar-refractivity contribution is -0.138. The van der Waals surface area contributed by atoms with E-state index in [4.69, 9.17) is 4.84 Å². The molecule has 1 aliphatic carbocycles. The molecule has 0 saturated heterocycles. The average molecular weight is 355 g/mol. The van der Waals surface area contributed by atoms with Crippen molar-refractivity contribution in [2.24, 2.45) is 0 Å². The van der Waals surface area contributed by atoms with E-state index in [1.165, 1.54) is 0 Å². The molecule has 0 heterocycles. The highest BCUT2D eigenvalue weighted by molar-refractivity contribution is 5.91. The van der Waals surface area contributed by atoms with Gasteiger partial charge in [-0.1, -0.05) is 44.9 Å². The maximum atomic E-state index is 13.5. The van der Waals surface area contributed by atoms with Gasteiger partial charge in [0.15, 0.2) is 0 Å². The second-order valence-electron chi connectivity index (χ2n) is 6.43. The summed E-state index contributed by atoms with van der Waals surface area (Å²) < 4.78 is 40.4. The minimum absolute atomic E-state index is 0.0343. The molecule has 2 rings (SSSR count). The van der Waals surface area contributed by atoms with Gasteiger partial charge in [0.1, 0.15) is 0 Å². The maximum Gasteiger partial charge on any atom is 0.416 e. The molecule has 0 bridgehead atoms. The van der Waals surface area contributed by atoms with Crippen molar-refractivity contribution in [1.29, 1.82) is 0 Å². The van der Waals surface area contributed by atoms with Crippen LogP contribution in [0.3, 0.4) is 0 Å². The molecule has 1 fully saturated rings. The van der Waals surface area contributed by atoms with Gasteiger partial charge in [0.25, 0.3) is 5.91 Å². The predicted molar refractivity (Wildman–Crippen MR) is 89.6 cm³/mol. The smallest absolute Gasteiger partial charge is 0.269 e. The van der Waals surface area contributed by atoms with Crippen LogP contribution in [0, 0.1) is 0 Å². The van der Waals surface area contributed by atoms with Crippen molar-refractivity contribution in [3.8, 4) is 0 Å². The molecule has 6 heteroatoms. The predicted octanol–water partition coefficient (Wildman–Crippen LogP) is 5.27. The third-order valence-electron chi connectivity index (χ3n) is 4.62. The van der Waals surface area contributed by atoms with Gasteiger partial charge in [-0.05, 0) is 42.4 Å². The minimum Gasteiger partial charge on any atom is -0.269 e. The van der Waals surface area contributed by atoms with Crippen molar-refractivity contribution >= 4 is 5.91 Å². The Morgan fingerprint density at radius 1 is 1.28 bits per heavy atom. The van der Waals surface area contributed by atoms with E-state index < -0.39 is 17.6 Å². The molecule has 3 nitrogen and oxygen atoms in total. The van der Waals surface area contributed by atoms with Crippen molar-refractivity contribution < 1.29 is 22.8 Å². The van der Waals surface area contributed by atoms with Crippen molar-refractivity contribution in [1.82, 2.24) is 5.48 Å². The molecule has 138 valence electrons. The Hall–Kier alpha value is -1.82. The van der Waals surface area contributed by atoms with Crippen LogP contribution in [-0.4, -0.2) is 5.91 Å². The number of amides is 1. The first-order valence-corrected chi connectivity index (χ1v) is 8.62. The number of rotatable bonds is 6. The van der Waals surface area contributed by atoms with E-state index in [1.807, 2.05) is 0 Å². The Morgan fingerprint density at radius 2 is 1.96 bits per heavy atom. The van der Waals surface area contributed by atoms with Crippen LogP contribution in [0.4, 0.5) is 13.2 Å². The van der Waals surface area contributed by atoms with Gasteiger partial charge in [-0.15, -0.1) is 0 Å². The van der Waals surface area contributed by atoms with Gasteiger partial charge in [0, 0.05) is 5.57 Å². The Balaban J connectivity index is 2.10. The number of halogens is 3. The van der Waals surface area contributed by atoms with Crippen LogP contribution >= 0.6 is 0 Å². The summed E-state index contributed by atoms with van der Waals surface area (Å²) in [5.74, 6) is -0.495. The molecule has 0 aromatic heterocycles. The highest BCUT2D eigenvalue weighted by Crippen LogP contribution is 2.41. The summed E-state index contributed by atoms with van der Waals surface area (Å²) in [6.07, 6.45) is 0.709. The maximum absolute atomic E-state index is 13.5. The zero-order chi connectivity index (χ0) is 18.4. The second-order valence-corrected chi connectivity index (χ2v) is 6.43. The van der Waals surface area contributed by atoms with E-state index in [-0.39, 0.29) is 12.5 Å². The minimum atomic E-state index is -4.40. The molecule has 0 atom stereocenters. The first-order valence-electron chi connectivity index (χ1n) is 8.62. The highest BCUT2D eigenvalue weighted by Gasteiger charge is 2.35. The molecule has 0 spiro atoms. The largest absolute Gasteiger partial charge is 0.416 e. The quantitative estimate of drug-likeness (QED) is 0.558. The van der Waals surface area contributed by atoms with Gasteiger partial charge in [-0.2, -0.15) is 13.2 Å². The first-order chi connectivity index (χ1) is 11.8. The summed E-state index contributed by atoms with van der Waals surface area (Å²) in [4.78, 5) is 16.6. The molecule has 0 unspecified atom stereocenters. The van der Waals surface area contributed by atoms with Crippen LogP contribution in [-0.2, 0) is 22.4 Å². The van der Waals surface area contributed by atoms with Crippen LogP contribution < -0.4 is 5.48 Å². The summed E-state index contributed by atoms with van der Waals surface area (Å²) >= 11 is 0. The van der Waals surface area contributed by atoms with E-state index in [2.05, 4.69) is 12.1 Å². The number of nitrogens with one attached hydrogen (secondary N) is 1. The third kappa shape index (κ3) is 5.33. The average Bonchev–Trinajstić information content (AvgIpc) is 2.60. The fourth-order valence-corrected chi connectivity index (χ4v) is 3.13. The van der Waals surface area contributed by atoms with Crippen molar-refractivity contribution in [2.75, 3.05) is 0 Å². The molecule has 0 radical (unpaired) electrons. The topological polar surface area (TPSA) is 38.3 Å².